The van der Waals surface area contributed by atoms with Crippen molar-refractivity contribution in [2.75, 3.05) is 6.54 Å². The Balaban J connectivity index is 1.67. The molecule has 2 aliphatic rings. The first kappa shape index (κ1) is 16.8. The summed E-state index contributed by atoms with van der Waals surface area (Å²) in [5.74, 6) is -0.630. The lowest BCUT2D eigenvalue weighted by molar-refractivity contribution is -0.195. The lowest BCUT2D eigenvalue weighted by atomic mass is 10.1. The Bertz CT molecular complexity index is 775. The topological polar surface area (TPSA) is 83.3 Å². The highest BCUT2D eigenvalue weighted by atomic mass is 16.8. The van der Waals surface area contributed by atoms with Gasteiger partial charge in [-0.25, -0.2) is 15.0 Å². The number of aromatic nitrogens is 4. The molecule has 2 aromatic rings. The third-order valence-corrected chi connectivity index (χ3v) is 4.67. The van der Waals surface area contributed by atoms with E-state index in [1.807, 2.05) is 25.3 Å². The summed E-state index contributed by atoms with van der Waals surface area (Å²) in [6, 6.07) is 0.376. The largest absolute Gasteiger partial charge is 0.348 e. The molecule has 2 aromatic heterocycles. The molecule has 0 amide bonds. The van der Waals surface area contributed by atoms with Crippen molar-refractivity contribution in [2.24, 2.45) is 0 Å². The molecule has 2 fully saturated rings. The van der Waals surface area contributed by atoms with E-state index in [-0.39, 0.29) is 24.5 Å². The van der Waals surface area contributed by atoms with Gasteiger partial charge < -0.3 is 19.5 Å². The van der Waals surface area contributed by atoms with E-state index in [0.29, 0.717) is 12.6 Å². The van der Waals surface area contributed by atoms with Gasteiger partial charge in [0.25, 0.3) is 0 Å². The van der Waals surface area contributed by atoms with Gasteiger partial charge in [-0.15, -0.1) is 0 Å². The molecule has 1 N–H and O–H groups in total. The Hall–Kier alpha value is -1.61. The number of nitrogens with one attached hydrogen (secondary N) is 1. The summed E-state index contributed by atoms with van der Waals surface area (Å²) in [4.78, 5) is 13.1. The second-order valence-electron chi connectivity index (χ2n) is 7.48. The minimum absolute atomic E-state index is 0.0976. The van der Waals surface area contributed by atoms with Gasteiger partial charge >= 0.3 is 0 Å². The van der Waals surface area contributed by atoms with Crippen LogP contribution in [0.4, 0.5) is 0 Å². The Morgan fingerprint density at radius 1 is 1.20 bits per heavy atom. The van der Waals surface area contributed by atoms with Crippen LogP contribution in [0, 0.1) is 6.92 Å². The first-order valence-electron chi connectivity index (χ1n) is 8.74. The number of nitrogens with zero attached hydrogens (tertiary/aromatic N) is 4. The maximum absolute atomic E-state index is 6.31. The molecular weight excluding hydrogens is 322 g/mol. The number of fused-ring (bicyclic) bond motifs is 2. The van der Waals surface area contributed by atoms with Gasteiger partial charge in [0.05, 0.1) is 12.0 Å². The highest BCUT2D eigenvalue weighted by Crippen LogP contribution is 2.43. The standard InChI is InChI=1S/C17H25N5O3/c1-9(2)18-6-11-13-14(25-17(4,5)24-13)16(23-11)22-8-21-12-10(3)19-7-20-15(12)22/h7-9,11,13-14,16,18H,6H2,1-5H3/t11?,13-,14?,16?/m1/s1. The van der Waals surface area contributed by atoms with E-state index < -0.39 is 5.79 Å². The summed E-state index contributed by atoms with van der Waals surface area (Å²) in [5, 5.41) is 3.43. The Kier molecular flexibility index (Phi) is 4.03. The van der Waals surface area contributed by atoms with Gasteiger partial charge in [0.15, 0.2) is 17.7 Å². The molecule has 0 radical (unpaired) electrons. The molecule has 0 aliphatic carbocycles. The van der Waals surface area contributed by atoms with E-state index in [0.717, 1.165) is 16.9 Å². The smallest absolute Gasteiger partial charge is 0.166 e. The molecule has 4 heterocycles. The van der Waals surface area contributed by atoms with Gasteiger partial charge in [-0.05, 0) is 20.8 Å². The normalized spacial score (nSPS) is 31.1. The van der Waals surface area contributed by atoms with E-state index >= 15 is 0 Å². The fourth-order valence-corrected chi connectivity index (χ4v) is 3.55. The van der Waals surface area contributed by atoms with Crippen molar-refractivity contribution < 1.29 is 14.2 Å². The third kappa shape index (κ3) is 2.93. The van der Waals surface area contributed by atoms with Crippen LogP contribution in [0.3, 0.4) is 0 Å². The highest BCUT2D eigenvalue weighted by Gasteiger charge is 2.55. The van der Waals surface area contributed by atoms with Crippen LogP contribution in [0.2, 0.25) is 0 Å². The maximum Gasteiger partial charge on any atom is 0.166 e. The van der Waals surface area contributed by atoms with Crippen molar-refractivity contribution in [1.29, 1.82) is 0 Å². The van der Waals surface area contributed by atoms with Gasteiger partial charge in [-0.3, -0.25) is 4.57 Å². The average Bonchev–Trinajstić information content (AvgIpc) is 3.17. The number of rotatable bonds is 4. The van der Waals surface area contributed by atoms with Crippen LogP contribution in [0.15, 0.2) is 12.7 Å². The molecule has 0 saturated carbocycles. The SMILES string of the molecule is Cc1ncnc2c1ncn2C1OC(CNC(C)C)[C@H]2OC(C)(C)OC12. The summed E-state index contributed by atoms with van der Waals surface area (Å²) >= 11 is 0. The number of imidazole rings is 1. The molecule has 2 aliphatic heterocycles. The quantitative estimate of drug-likeness (QED) is 0.898. The molecule has 0 bridgehead atoms. The fourth-order valence-electron chi connectivity index (χ4n) is 3.55. The molecule has 4 atom stereocenters. The zero-order valence-corrected chi connectivity index (χ0v) is 15.3. The molecule has 25 heavy (non-hydrogen) atoms. The zero-order valence-electron chi connectivity index (χ0n) is 15.3. The lowest BCUT2D eigenvalue weighted by Gasteiger charge is -2.25. The summed E-state index contributed by atoms with van der Waals surface area (Å²) in [7, 11) is 0. The molecule has 0 spiro atoms. The molecular formula is C17H25N5O3. The van der Waals surface area contributed by atoms with Crippen molar-refractivity contribution in [2.45, 2.75) is 71.0 Å². The van der Waals surface area contributed by atoms with Crippen molar-refractivity contribution in [3.05, 3.63) is 18.3 Å². The predicted octanol–water partition coefficient (Wildman–Crippen LogP) is 1.55. The Morgan fingerprint density at radius 2 is 1.96 bits per heavy atom. The second kappa shape index (κ2) is 5.98. The van der Waals surface area contributed by atoms with Crippen LogP contribution in [0.5, 0.6) is 0 Å². The van der Waals surface area contributed by atoms with E-state index in [9.17, 15) is 0 Å². The van der Waals surface area contributed by atoms with Crippen LogP contribution in [0.25, 0.3) is 11.2 Å². The molecule has 3 unspecified atom stereocenters. The van der Waals surface area contributed by atoms with Gasteiger partial charge in [0.2, 0.25) is 0 Å². The van der Waals surface area contributed by atoms with E-state index in [1.165, 1.54) is 0 Å². The number of aryl methyl sites for hydroxylation is 1. The van der Waals surface area contributed by atoms with Crippen LogP contribution >= 0.6 is 0 Å². The maximum atomic E-state index is 6.31. The number of hydrogen-bond donors (Lipinski definition) is 1. The Labute approximate surface area is 146 Å². The van der Waals surface area contributed by atoms with Crippen molar-refractivity contribution >= 4 is 11.2 Å². The van der Waals surface area contributed by atoms with Crippen LogP contribution < -0.4 is 5.32 Å². The first-order chi connectivity index (χ1) is 11.9. The first-order valence-corrected chi connectivity index (χ1v) is 8.74. The minimum atomic E-state index is -0.630. The lowest BCUT2D eigenvalue weighted by Crippen LogP contribution is -2.39. The average molecular weight is 347 g/mol. The van der Waals surface area contributed by atoms with E-state index in [4.69, 9.17) is 14.2 Å². The number of hydrogen-bond acceptors (Lipinski definition) is 7. The molecule has 2 saturated heterocycles. The summed E-state index contributed by atoms with van der Waals surface area (Å²) in [6.45, 7) is 10.7. The second-order valence-corrected chi connectivity index (χ2v) is 7.48. The molecule has 136 valence electrons. The fraction of sp³-hybridized carbons (Fsp3) is 0.706. The molecule has 0 aromatic carbocycles. The summed E-state index contributed by atoms with van der Waals surface area (Å²) in [6.07, 6.45) is 2.54. The van der Waals surface area contributed by atoms with Gasteiger partial charge in [0.1, 0.15) is 30.2 Å². The molecule has 8 nitrogen and oxygen atoms in total. The third-order valence-electron chi connectivity index (χ3n) is 4.67. The van der Waals surface area contributed by atoms with Crippen molar-refractivity contribution in [1.82, 2.24) is 24.8 Å². The van der Waals surface area contributed by atoms with Gasteiger partial charge in [-0.2, -0.15) is 0 Å². The monoisotopic (exact) mass is 347 g/mol. The Morgan fingerprint density at radius 3 is 2.72 bits per heavy atom. The van der Waals surface area contributed by atoms with Crippen LogP contribution in [-0.2, 0) is 14.2 Å². The summed E-state index contributed by atoms with van der Waals surface area (Å²) < 4.78 is 20.5. The predicted molar refractivity (Wildman–Crippen MR) is 90.9 cm³/mol. The van der Waals surface area contributed by atoms with Gasteiger partial charge in [0, 0.05) is 12.6 Å². The van der Waals surface area contributed by atoms with Crippen molar-refractivity contribution in [3.63, 3.8) is 0 Å². The van der Waals surface area contributed by atoms with E-state index in [2.05, 4.69) is 34.1 Å². The number of ether oxygens (including phenoxy) is 3. The van der Waals surface area contributed by atoms with Crippen LogP contribution in [-0.4, -0.2) is 56.2 Å². The molecule has 4 rings (SSSR count). The zero-order chi connectivity index (χ0) is 17.8. The van der Waals surface area contributed by atoms with Crippen LogP contribution in [0.1, 0.15) is 39.6 Å². The highest BCUT2D eigenvalue weighted by molar-refractivity contribution is 5.72. The molecule has 8 heteroatoms. The van der Waals surface area contributed by atoms with E-state index in [1.54, 1.807) is 12.7 Å². The minimum Gasteiger partial charge on any atom is -0.348 e. The van der Waals surface area contributed by atoms with Gasteiger partial charge in [-0.1, -0.05) is 13.8 Å². The summed E-state index contributed by atoms with van der Waals surface area (Å²) in [5.41, 5.74) is 2.38. The van der Waals surface area contributed by atoms with Crippen molar-refractivity contribution in [3.8, 4) is 0 Å².